The first-order valence-corrected chi connectivity index (χ1v) is 8.96. The van der Waals surface area contributed by atoms with Crippen LogP contribution in [0, 0.1) is 0 Å². The highest BCUT2D eigenvalue weighted by Crippen LogP contribution is 2.33. The number of nitrogens with one attached hydrogen (secondary N) is 1. The zero-order valence-electron chi connectivity index (χ0n) is 12.5. The van der Waals surface area contributed by atoms with Gasteiger partial charge in [0, 0.05) is 16.1 Å². The van der Waals surface area contributed by atoms with Gasteiger partial charge >= 0.3 is 0 Å². The molecule has 2 aliphatic rings. The predicted molar refractivity (Wildman–Crippen MR) is 90.8 cm³/mol. The smallest absolute Gasteiger partial charge is 0.125 e. The fourth-order valence-corrected chi connectivity index (χ4v) is 3.64. The van der Waals surface area contributed by atoms with E-state index in [2.05, 4.69) is 45.5 Å². The van der Waals surface area contributed by atoms with Crippen LogP contribution < -0.4 is 10.1 Å². The van der Waals surface area contributed by atoms with Crippen molar-refractivity contribution in [3.8, 4) is 5.75 Å². The van der Waals surface area contributed by atoms with Crippen molar-refractivity contribution in [2.75, 3.05) is 13.2 Å². The van der Waals surface area contributed by atoms with E-state index >= 15 is 0 Å². The van der Waals surface area contributed by atoms with Crippen molar-refractivity contribution in [2.24, 2.45) is 0 Å². The van der Waals surface area contributed by atoms with Crippen molar-refractivity contribution in [2.45, 2.75) is 51.0 Å². The van der Waals surface area contributed by atoms with Gasteiger partial charge in [0.2, 0.25) is 0 Å². The molecule has 1 N–H and O–H groups in total. The summed E-state index contributed by atoms with van der Waals surface area (Å²) < 4.78 is 6.97. The molecule has 1 atom stereocenters. The summed E-state index contributed by atoms with van der Waals surface area (Å²) in [6.45, 7) is 1.90. The minimum absolute atomic E-state index is 0.430. The molecule has 0 bridgehead atoms. The molecule has 0 fully saturated rings. The van der Waals surface area contributed by atoms with Gasteiger partial charge in [-0.2, -0.15) is 0 Å². The lowest BCUT2D eigenvalue weighted by atomic mass is 9.96. The third kappa shape index (κ3) is 4.10. The van der Waals surface area contributed by atoms with Crippen molar-refractivity contribution in [3.05, 3.63) is 39.9 Å². The van der Waals surface area contributed by atoms with Crippen molar-refractivity contribution >= 4 is 15.9 Å². The zero-order chi connectivity index (χ0) is 14.5. The minimum atomic E-state index is 0.430. The van der Waals surface area contributed by atoms with E-state index in [1.54, 1.807) is 5.57 Å². The maximum Gasteiger partial charge on any atom is 0.125 e. The van der Waals surface area contributed by atoms with Crippen LogP contribution in [0.1, 0.15) is 56.6 Å². The SMILES string of the molecule is Brc1ccc2c(c1)OCCCC2NCCC1=CCCCC1. The van der Waals surface area contributed by atoms with Gasteiger partial charge in [-0.3, -0.25) is 0 Å². The average molecular weight is 350 g/mol. The van der Waals surface area contributed by atoms with E-state index < -0.39 is 0 Å². The summed E-state index contributed by atoms with van der Waals surface area (Å²) in [6, 6.07) is 6.84. The van der Waals surface area contributed by atoms with Crippen LogP contribution in [0.3, 0.4) is 0 Å². The Bertz CT molecular complexity index is 512. The number of rotatable bonds is 4. The first kappa shape index (κ1) is 15.1. The van der Waals surface area contributed by atoms with E-state index in [1.165, 1.54) is 37.7 Å². The van der Waals surface area contributed by atoms with Crippen LogP contribution in [-0.4, -0.2) is 13.2 Å². The average Bonchev–Trinajstić information content (AvgIpc) is 2.70. The van der Waals surface area contributed by atoms with Crippen LogP contribution >= 0.6 is 15.9 Å². The molecule has 0 saturated carbocycles. The van der Waals surface area contributed by atoms with Gasteiger partial charge in [-0.05, 0) is 63.6 Å². The highest BCUT2D eigenvalue weighted by atomic mass is 79.9. The van der Waals surface area contributed by atoms with Crippen LogP contribution in [0.4, 0.5) is 0 Å². The van der Waals surface area contributed by atoms with E-state index in [1.807, 2.05) is 0 Å². The van der Waals surface area contributed by atoms with Gasteiger partial charge in [0.1, 0.15) is 5.75 Å². The minimum Gasteiger partial charge on any atom is -0.493 e. The lowest BCUT2D eigenvalue weighted by molar-refractivity contribution is 0.315. The molecule has 0 amide bonds. The molecule has 3 heteroatoms. The van der Waals surface area contributed by atoms with Gasteiger partial charge in [-0.15, -0.1) is 0 Å². The second kappa shape index (κ2) is 7.46. The van der Waals surface area contributed by atoms with Gasteiger partial charge < -0.3 is 10.1 Å². The largest absolute Gasteiger partial charge is 0.493 e. The van der Waals surface area contributed by atoms with Gasteiger partial charge in [0.05, 0.1) is 6.61 Å². The Morgan fingerprint density at radius 2 is 2.19 bits per heavy atom. The second-order valence-corrected chi connectivity index (χ2v) is 6.95. The van der Waals surface area contributed by atoms with Crippen molar-refractivity contribution < 1.29 is 4.74 Å². The first-order chi connectivity index (χ1) is 10.3. The number of benzene rings is 1. The molecule has 21 heavy (non-hydrogen) atoms. The van der Waals surface area contributed by atoms with Crippen LogP contribution in [-0.2, 0) is 0 Å². The van der Waals surface area contributed by atoms with E-state index in [0.29, 0.717) is 6.04 Å². The van der Waals surface area contributed by atoms with E-state index in [4.69, 9.17) is 4.74 Å². The van der Waals surface area contributed by atoms with Crippen LogP contribution in [0.5, 0.6) is 5.75 Å². The number of ether oxygens (including phenoxy) is 1. The van der Waals surface area contributed by atoms with E-state index in [-0.39, 0.29) is 0 Å². The molecule has 1 aromatic rings. The molecule has 114 valence electrons. The Morgan fingerprint density at radius 1 is 1.24 bits per heavy atom. The van der Waals surface area contributed by atoms with Gasteiger partial charge in [-0.25, -0.2) is 0 Å². The lowest BCUT2D eigenvalue weighted by Gasteiger charge is -2.20. The molecule has 1 unspecified atom stereocenters. The summed E-state index contributed by atoms with van der Waals surface area (Å²) in [5.41, 5.74) is 2.96. The number of allylic oxidation sites excluding steroid dienone is 1. The van der Waals surface area contributed by atoms with Crippen LogP contribution in [0.25, 0.3) is 0 Å². The lowest BCUT2D eigenvalue weighted by Crippen LogP contribution is -2.22. The summed E-state index contributed by atoms with van der Waals surface area (Å²) in [6.07, 6.45) is 11.3. The summed E-state index contributed by atoms with van der Waals surface area (Å²) in [7, 11) is 0. The molecule has 2 nitrogen and oxygen atoms in total. The maximum absolute atomic E-state index is 5.87. The third-order valence-electron chi connectivity index (χ3n) is 4.47. The molecule has 3 rings (SSSR count). The molecule has 0 aromatic heterocycles. The summed E-state index contributed by atoms with van der Waals surface area (Å²) >= 11 is 3.53. The van der Waals surface area contributed by atoms with Crippen molar-refractivity contribution in [1.82, 2.24) is 5.32 Å². The monoisotopic (exact) mass is 349 g/mol. The first-order valence-electron chi connectivity index (χ1n) is 8.16. The zero-order valence-corrected chi connectivity index (χ0v) is 14.1. The standard InChI is InChI=1S/C18H24BrNO/c19-15-8-9-16-17(7-4-12-21-18(16)13-15)20-11-10-14-5-2-1-3-6-14/h5,8-9,13,17,20H,1-4,6-7,10-12H2. The summed E-state index contributed by atoms with van der Waals surface area (Å²) in [5.74, 6) is 1.04. The van der Waals surface area contributed by atoms with Crippen molar-refractivity contribution in [1.29, 1.82) is 0 Å². The molecular weight excluding hydrogens is 326 g/mol. The topological polar surface area (TPSA) is 21.3 Å². The Morgan fingerprint density at radius 3 is 3.05 bits per heavy atom. The maximum atomic E-state index is 5.87. The predicted octanol–water partition coefficient (Wildman–Crippen LogP) is 5.14. The van der Waals surface area contributed by atoms with Gasteiger partial charge in [0.15, 0.2) is 0 Å². The molecule has 1 heterocycles. The number of halogens is 1. The van der Waals surface area contributed by atoms with Gasteiger partial charge in [0.25, 0.3) is 0 Å². The quantitative estimate of drug-likeness (QED) is 0.759. The molecule has 0 saturated heterocycles. The summed E-state index contributed by atoms with van der Waals surface area (Å²) in [5, 5.41) is 3.75. The Balaban J connectivity index is 1.61. The summed E-state index contributed by atoms with van der Waals surface area (Å²) in [4.78, 5) is 0. The fourth-order valence-electron chi connectivity index (χ4n) is 3.30. The van der Waals surface area contributed by atoms with Gasteiger partial charge in [-0.1, -0.05) is 33.6 Å². The van der Waals surface area contributed by atoms with E-state index in [0.717, 1.165) is 36.2 Å². The number of hydrogen-bond acceptors (Lipinski definition) is 2. The molecule has 1 aromatic carbocycles. The molecule has 0 spiro atoms. The Hall–Kier alpha value is -0.800. The molecule has 1 aliphatic heterocycles. The van der Waals surface area contributed by atoms with E-state index in [9.17, 15) is 0 Å². The van der Waals surface area contributed by atoms with Crippen LogP contribution in [0.2, 0.25) is 0 Å². The normalized spacial score (nSPS) is 22.0. The Labute approximate surface area is 136 Å². The highest BCUT2D eigenvalue weighted by molar-refractivity contribution is 9.10. The van der Waals surface area contributed by atoms with Crippen LogP contribution in [0.15, 0.2) is 34.3 Å². The molecule has 0 radical (unpaired) electrons. The fraction of sp³-hybridized carbons (Fsp3) is 0.556. The van der Waals surface area contributed by atoms with Crippen molar-refractivity contribution in [3.63, 3.8) is 0 Å². The second-order valence-electron chi connectivity index (χ2n) is 6.04. The Kier molecular flexibility index (Phi) is 5.37. The molecular formula is C18H24BrNO. The molecule has 1 aliphatic carbocycles. The number of fused-ring (bicyclic) bond motifs is 1. The number of hydrogen-bond donors (Lipinski definition) is 1. The highest BCUT2D eigenvalue weighted by Gasteiger charge is 2.19. The third-order valence-corrected chi connectivity index (χ3v) is 4.96.